The Balaban J connectivity index is 1.27. The normalized spacial score (nSPS) is 16.2. The van der Waals surface area contributed by atoms with Crippen molar-refractivity contribution in [2.75, 3.05) is 48.3 Å². The smallest absolute Gasteiger partial charge is 0.231 e. The van der Waals surface area contributed by atoms with Gasteiger partial charge in [-0.25, -0.2) is 0 Å². The van der Waals surface area contributed by atoms with Crippen LogP contribution in [0.4, 0.5) is 0 Å². The number of hydrogen-bond donors (Lipinski definition) is 1. The molecule has 1 unspecified atom stereocenters. The van der Waals surface area contributed by atoms with Gasteiger partial charge in [0.15, 0.2) is 23.0 Å². The summed E-state index contributed by atoms with van der Waals surface area (Å²) in [7, 11) is 6.50. The quantitative estimate of drug-likeness (QED) is 0.514. The molecule has 0 amide bonds. The van der Waals surface area contributed by atoms with Crippen molar-refractivity contribution in [3.63, 3.8) is 0 Å². The van der Waals surface area contributed by atoms with E-state index in [0.717, 1.165) is 42.2 Å². The third-order valence-electron chi connectivity index (χ3n) is 5.67. The number of nitrogens with one attached hydrogen (secondary N) is 1. The molecule has 2 aromatic rings. The standard InChI is InChI=1S/C24H30N2O7/c1-27-19-6-5-15(9-20(19)28-2)7-8-25-13-17-12-18(33-26-17)10-16-11-21(29-3)23-24(22(16)30-4)32-14-31-23/h5-6,9,11,18,25H,7-8,10,12-14H2,1-4H3. The summed E-state index contributed by atoms with van der Waals surface area (Å²) in [5.41, 5.74) is 3.09. The highest BCUT2D eigenvalue weighted by Crippen LogP contribution is 2.50. The molecule has 2 aromatic carbocycles. The molecule has 0 spiro atoms. The van der Waals surface area contributed by atoms with Gasteiger partial charge < -0.3 is 38.6 Å². The minimum Gasteiger partial charge on any atom is -0.493 e. The average molecular weight is 459 g/mol. The Morgan fingerprint density at radius 2 is 1.73 bits per heavy atom. The summed E-state index contributed by atoms with van der Waals surface area (Å²) in [4.78, 5) is 5.68. The SMILES string of the molecule is COc1ccc(CCNCC2=NOC(Cc3cc(OC)c4c(c3OC)OCO4)C2)cc1OC. The molecular formula is C24H30N2O7. The van der Waals surface area contributed by atoms with Crippen molar-refractivity contribution in [3.05, 3.63) is 35.4 Å². The zero-order valence-corrected chi connectivity index (χ0v) is 19.4. The van der Waals surface area contributed by atoms with Crippen molar-refractivity contribution in [3.8, 4) is 34.5 Å². The summed E-state index contributed by atoms with van der Waals surface area (Å²) in [5.74, 6) is 3.88. The number of benzene rings is 2. The third kappa shape index (κ3) is 5.03. The van der Waals surface area contributed by atoms with Crippen LogP contribution >= 0.6 is 0 Å². The molecule has 0 bridgehead atoms. The molecular weight excluding hydrogens is 428 g/mol. The van der Waals surface area contributed by atoms with E-state index < -0.39 is 0 Å². The first kappa shape index (κ1) is 22.8. The van der Waals surface area contributed by atoms with Crippen LogP contribution in [-0.2, 0) is 17.7 Å². The van der Waals surface area contributed by atoms with Crippen LogP contribution in [0.15, 0.2) is 29.4 Å². The number of nitrogens with zero attached hydrogens (tertiary/aromatic N) is 1. The summed E-state index contributed by atoms with van der Waals surface area (Å²) in [6, 6.07) is 7.88. The van der Waals surface area contributed by atoms with Crippen molar-refractivity contribution in [1.82, 2.24) is 5.32 Å². The Morgan fingerprint density at radius 1 is 0.939 bits per heavy atom. The van der Waals surface area contributed by atoms with Crippen molar-refractivity contribution < 1.29 is 33.3 Å². The first-order chi connectivity index (χ1) is 16.2. The van der Waals surface area contributed by atoms with Crippen molar-refractivity contribution in [2.24, 2.45) is 5.16 Å². The lowest BCUT2D eigenvalue weighted by Gasteiger charge is -2.15. The second kappa shape index (κ2) is 10.5. The summed E-state index contributed by atoms with van der Waals surface area (Å²) in [6.07, 6.45) is 2.15. The van der Waals surface area contributed by atoms with Gasteiger partial charge in [0.25, 0.3) is 0 Å². The number of rotatable bonds is 11. The first-order valence-electron chi connectivity index (χ1n) is 10.8. The zero-order chi connectivity index (χ0) is 23.2. The Hall–Kier alpha value is -3.33. The molecule has 1 atom stereocenters. The highest BCUT2D eigenvalue weighted by Gasteiger charge is 2.30. The van der Waals surface area contributed by atoms with Crippen LogP contribution in [0.5, 0.6) is 34.5 Å². The zero-order valence-electron chi connectivity index (χ0n) is 19.4. The van der Waals surface area contributed by atoms with Gasteiger partial charge in [-0.05, 0) is 36.7 Å². The summed E-state index contributed by atoms with van der Waals surface area (Å²) in [5, 5.41) is 7.71. The van der Waals surface area contributed by atoms with Crippen LogP contribution in [0.3, 0.4) is 0 Å². The van der Waals surface area contributed by atoms with E-state index in [1.54, 1.807) is 28.4 Å². The van der Waals surface area contributed by atoms with Gasteiger partial charge in [0.2, 0.25) is 18.3 Å². The van der Waals surface area contributed by atoms with E-state index >= 15 is 0 Å². The Morgan fingerprint density at radius 3 is 2.48 bits per heavy atom. The van der Waals surface area contributed by atoms with E-state index in [1.807, 2.05) is 24.3 Å². The maximum Gasteiger partial charge on any atom is 0.231 e. The van der Waals surface area contributed by atoms with Gasteiger partial charge in [0.1, 0.15) is 6.10 Å². The maximum atomic E-state index is 5.68. The average Bonchev–Trinajstić information content (AvgIpc) is 3.51. The van der Waals surface area contributed by atoms with Crippen LogP contribution < -0.4 is 33.7 Å². The second-order valence-electron chi connectivity index (χ2n) is 7.75. The molecule has 4 rings (SSSR count). The number of methoxy groups -OCH3 is 4. The molecule has 0 radical (unpaired) electrons. The summed E-state index contributed by atoms with van der Waals surface area (Å²) < 4.78 is 32.8. The molecule has 2 aliphatic rings. The van der Waals surface area contributed by atoms with Gasteiger partial charge >= 0.3 is 0 Å². The number of oxime groups is 1. The second-order valence-corrected chi connectivity index (χ2v) is 7.75. The molecule has 9 nitrogen and oxygen atoms in total. The lowest BCUT2D eigenvalue weighted by molar-refractivity contribution is 0.0853. The fraction of sp³-hybridized carbons (Fsp3) is 0.458. The molecule has 2 aliphatic heterocycles. The lowest BCUT2D eigenvalue weighted by atomic mass is 10.0. The number of fused-ring (bicyclic) bond motifs is 1. The van der Waals surface area contributed by atoms with Gasteiger partial charge in [-0.3, -0.25) is 0 Å². The lowest BCUT2D eigenvalue weighted by Crippen LogP contribution is -2.25. The predicted octanol–water partition coefficient (Wildman–Crippen LogP) is 2.97. The van der Waals surface area contributed by atoms with E-state index in [4.69, 9.17) is 33.3 Å². The molecule has 9 heteroatoms. The van der Waals surface area contributed by atoms with Crippen molar-refractivity contribution >= 4 is 5.71 Å². The molecule has 33 heavy (non-hydrogen) atoms. The Labute approximate surface area is 193 Å². The molecule has 0 saturated carbocycles. The van der Waals surface area contributed by atoms with Crippen molar-refractivity contribution in [2.45, 2.75) is 25.4 Å². The van der Waals surface area contributed by atoms with Crippen LogP contribution in [0, 0.1) is 0 Å². The van der Waals surface area contributed by atoms with Crippen LogP contribution in [0.25, 0.3) is 0 Å². The van der Waals surface area contributed by atoms with Gasteiger partial charge in [0.05, 0.1) is 34.2 Å². The number of ether oxygens (including phenoxy) is 6. The maximum absolute atomic E-state index is 5.68. The Bertz CT molecular complexity index is 1010. The molecule has 2 heterocycles. The fourth-order valence-electron chi connectivity index (χ4n) is 4.04. The summed E-state index contributed by atoms with van der Waals surface area (Å²) in [6.45, 7) is 1.63. The molecule has 0 saturated heterocycles. The Kier molecular flexibility index (Phi) is 7.29. The van der Waals surface area contributed by atoms with Gasteiger partial charge in [-0.2, -0.15) is 0 Å². The predicted molar refractivity (Wildman–Crippen MR) is 122 cm³/mol. The van der Waals surface area contributed by atoms with Crippen molar-refractivity contribution in [1.29, 1.82) is 0 Å². The van der Waals surface area contributed by atoms with E-state index in [0.29, 0.717) is 36.0 Å². The third-order valence-corrected chi connectivity index (χ3v) is 5.67. The highest BCUT2D eigenvalue weighted by molar-refractivity contribution is 5.87. The number of hydrogen-bond acceptors (Lipinski definition) is 9. The van der Waals surface area contributed by atoms with E-state index in [9.17, 15) is 0 Å². The summed E-state index contributed by atoms with van der Waals surface area (Å²) >= 11 is 0. The van der Waals surface area contributed by atoms with Crippen LogP contribution in [-0.4, -0.2) is 60.1 Å². The van der Waals surface area contributed by atoms with Gasteiger partial charge in [-0.15, -0.1) is 0 Å². The minimum atomic E-state index is -0.0772. The molecule has 0 aromatic heterocycles. The minimum absolute atomic E-state index is 0.0772. The monoisotopic (exact) mass is 458 g/mol. The van der Waals surface area contributed by atoms with E-state index in [2.05, 4.69) is 10.5 Å². The first-order valence-corrected chi connectivity index (χ1v) is 10.8. The highest BCUT2D eigenvalue weighted by atomic mass is 16.7. The largest absolute Gasteiger partial charge is 0.493 e. The molecule has 0 aliphatic carbocycles. The fourth-order valence-corrected chi connectivity index (χ4v) is 4.04. The van der Waals surface area contributed by atoms with Gasteiger partial charge in [0, 0.05) is 24.9 Å². The van der Waals surface area contributed by atoms with E-state index in [-0.39, 0.29) is 12.9 Å². The molecule has 0 fully saturated rings. The topological polar surface area (TPSA) is 89.0 Å². The molecule has 1 N–H and O–H groups in total. The van der Waals surface area contributed by atoms with Gasteiger partial charge in [-0.1, -0.05) is 11.2 Å². The van der Waals surface area contributed by atoms with Crippen LogP contribution in [0.1, 0.15) is 17.5 Å². The molecule has 178 valence electrons. The van der Waals surface area contributed by atoms with E-state index in [1.165, 1.54) is 5.56 Å². The van der Waals surface area contributed by atoms with Crippen LogP contribution in [0.2, 0.25) is 0 Å².